The third-order valence-corrected chi connectivity index (χ3v) is 4.88. The fraction of sp³-hybridized carbons (Fsp3) is 0.190. The molecule has 1 aliphatic rings. The Labute approximate surface area is 182 Å². The van der Waals surface area contributed by atoms with Gasteiger partial charge in [0.05, 0.1) is 23.0 Å². The van der Waals surface area contributed by atoms with Crippen LogP contribution >= 0.6 is 11.8 Å². The molecule has 9 nitrogen and oxygen atoms in total. The van der Waals surface area contributed by atoms with Crippen molar-refractivity contribution in [2.24, 2.45) is 0 Å². The number of nitrogens with zero attached hydrogens (tertiary/aromatic N) is 1. The Morgan fingerprint density at radius 2 is 2.03 bits per heavy atom. The maximum absolute atomic E-state index is 12.3. The van der Waals surface area contributed by atoms with E-state index in [0.29, 0.717) is 22.6 Å². The number of rotatable bonds is 6. The van der Waals surface area contributed by atoms with Crippen LogP contribution in [0.25, 0.3) is 6.08 Å². The van der Waals surface area contributed by atoms with Gasteiger partial charge in [-0.05, 0) is 61.0 Å². The van der Waals surface area contributed by atoms with Crippen LogP contribution in [-0.4, -0.2) is 34.1 Å². The third-order valence-electron chi connectivity index (χ3n) is 4.07. The molecule has 2 heterocycles. The number of anilines is 2. The van der Waals surface area contributed by atoms with E-state index in [4.69, 9.17) is 10.5 Å². The molecular formula is C21H20N4O5S. The van der Waals surface area contributed by atoms with Crippen LogP contribution in [0.3, 0.4) is 0 Å². The highest BCUT2D eigenvalue weighted by Crippen LogP contribution is 2.26. The number of hydrogen-bond acceptors (Lipinski definition) is 8. The summed E-state index contributed by atoms with van der Waals surface area (Å²) >= 11 is 0.817. The Bertz CT molecular complexity index is 1080. The van der Waals surface area contributed by atoms with Crippen molar-refractivity contribution in [3.05, 3.63) is 58.1 Å². The van der Waals surface area contributed by atoms with Crippen molar-refractivity contribution >= 4 is 52.4 Å². The second-order valence-electron chi connectivity index (χ2n) is 6.92. The quantitative estimate of drug-likeness (QED) is 0.354. The van der Waals surface area contributed by atoms with E-state index < -0.39 is 17.1 Å². The minimum absolute atomic E-state index is 0.00916. The Balaban J connectivity index is 1.62. The third kappa shape index (κ3) is 5.92. The minimum atomic E-state index is -0.485. The molecule has 1 aliphatic heterocycles. The number of aromatic nitrogens is 1. The molecule has 1 aromatic carbocycles. The Hall–Kier alpha value is -3.66. The molecule has 10 heteroatoms. The molecule has 160 valence electrons. The molecule has 1 saturated heterocycles. The van der Waals surface area contributed by atoms with E-state index in [1.807, 2.05) is 0 Å². The molecule has 0 bridgehead atoms. The van der Waals surface area contributed by atoms with Crippen molar-refractivity contribution in [2.45, 2.75) is 26.4 Å². The first-order valence-electron chi connectivity index (χ1n) is 9.31. The van der Waals surface area contributed by atoms with Crippen LogP contribution in [0.4, 0.5) is 16.3 Å². The van der Waals surface area contributed by atoms with E-state index in [9.17, 15) is 19.2 Å². The number of nitrogen functional groups attached to an aromatic ring is 1. The Kier molecular flexibility index (Phi) is 6.71. The van der Waals surface area contributed by atoms with Crippen LogP contribution in [0.5, 0.6) is 0 Å². The fourth-order valence-electron chi connectivity index (χ4n) is 2.67. The summed E-state index contributed by atoms with van der Waals surface area (Å²) in [4.78, 5) is 51.4. The molecule has 3 rings (SSSR count). The van der Waals surface area contributed by atoms with E-state index in [0.717, 1.165) is 11.8 Å². The second-order valence-corrected chi connectivity index (χ2v) is 7.94. The normalized spacial score (nSPS) is 14.6. The number of carbonyl (C=O) groups excluding carboxylic acids is 4. The molecule has 0 atom stereocenters. The number of carbonyl (C=O) groups is 4. The van der Waals surface area contributed by atoms with E-state index in [-0.39, 0.29) is 28.9 Å². The molecule has 31 heavy (non-hydrogen) atoms. The molecule has 0 unspecified atom stereocenters. The Morgan fingerprint density at radius 3 is 2.61 bits per heavy atom. The first kappa shape index (κ1) is 22.0. The second kappa shape index (κ2) is 9.43. The van der Waals surface area contributed by atoms with Gasteiger partial charge in [0.15, 0.2) is 0 Å². The van der Waals surface area contributed by atoms with Crippen molar-refractivity contribution in [3.8, 4) is 0 Å². The van der Waals surface area contributed by atoms with Crippen molar-refractivity contribution < 1.29 is 23.9 Å². The Morgan fingerprint density at radius 1 is 1.26 bits per heavy atom. The van der Waals surface area contributed by atoms with Crippen LogP contribution in [-0.2, 0) is 20.7 Å². The predicted molar refractivity (Wildman–Crippen MR) is 117 cm³/mol. The lowest BCUT2D eigenvalue weighted by molar-refractivity contribution is -0.116. The van der Waals surface area contributed by atoms with Gasteiger partial charge in [-0.3, -0.25) is 19.7 Å². The highest BCUT2D eigenvalue weighted by molar-refractivity contribution is 8.18. The molecule has 3 amide bonds. The lowest BCUT2D eigenvalue weighted by Crippen LogP contribution is -2.17. The lowest BCUT2D eigenvalue weighted by atomic mass is 10.1. The number of pyridine rings is 1. The van der Waals surface area contributed by atoms with E-state index in [1.54, 1.807) is 38.1 Å². The standard InChI is InChI=1S/C21H20N4O5S/c1-11(2)30-20(28)14-5-6-17(23-10-14)24-18(26)9-13-4-3-12(7-15(13)22)8-16-19(27)25-21(29)31-16/h3-8,10-11H,9,22H2,1-2H3,(H,23,24,26)(H,25,27,29)/b16-8-. The topological polar surface area (TPSA) is 140 Å². The molecule has 1 fully saturated rings. The van der Waals surface area contributed by atoms with Gasteiger partial charge >= 0.3 is 5.97 Å². The molecule has 4 N–H and O–H groups in total. The lowest BCUT2D eigenvalue weighted by Gasteiger charge is -2.09. The maximum atomic E-state index is 12.3. The largest absolute Gasteiger partial charge is 0.459 e. The molecule has 0 saturated carbocycles. The number of hydrogen-bond donors (Lipinski definition) is 3. The van der Waals surface area contributed by atoms with Crippen LogP contribution in [0.1, 0.15) is 35.3 Å². The average Bonchev–Trinajstić information content (AvgIpc) is 3.00. The van der Waals surface area contributed by atoms with Crippen LogP contribution in [0.2, 0.25) is 0 Å². The van der Waals surface area contributed by atoms with E-state index in [1.165, 1.54) is 18.3 Å². The summed E-state index contributed by atoms with van der Waals surface area (Å²) in [5, 5.41) is 4.41. The van der Waals surface area contributed by atoms with Gasteiger partial charge in [0.25, 0.3) is 11.1 Å². The van der Waals surface area contributed by atoms with Crippen LogP contribution < -0.4 is 16.4 Å². The SMILES string of the molecule is CC(C)OC(=O)c1ccc(NC(=O)Cc2ccc(/C=C3\SC(=O)NC3=O)cc2N)nc1. The van der Waals surface area contributed by atoms with Gasteiger partial charge in [-0.15, -0.1) is 0 Å². The van der Waals surface area contributed by atoms with Gasteiger partial charge in [0.2, 0.25) is 5.91 Å². The monoisotopic (exact) mass is 440 g/mol. The van der Waals surface area contributed by atoms with Crippen molar-refractivity contribution in [1.82, 2.24) is 10.3 Å². The number of ether oxygens (including phenoxy) is 1. The molecule has 2 aromatic rings. The van der Waals surface area contributed by atoms with Crippen molar-refractivity contribution in [3.63, 3.8) is 0 Å². The smallest absolute Gasteiger partial charge is 0.339 e. The van der Waals surface area contributed by atoms with Gasteiger partial charge in [0, 0.05) is 11.9 Å². The van der Waals surface area contributed by atoms with Crippen LogP contribution in [0, 0.1) is 0 Å². The highest BCUT2D eigenvalue weighted by Gasteiger charge is 2.25. The summed E-state index contributed by atoms with van der Waals surface area (Å²) in [6.07, 6.45) is 2.66. The number of nitrogens with two attached hydrogens (primary N) is 1. The molecular weight excluding hydrogens is 420 g/mol. The number of benzene rings is 1. The summed E-state index contributed by atoms with van der Waals surface area (Å²) in [7, 11) is 0. The fourth-order valence-corrected chi connectivity index (χ4v) is 3.35. The molecule has 0 aliphatic carbocycles. The summed E-state index contributed by atoms with van der Waals surface area (Å²) in [5.41, 5.74) is 7.94. The molecule has 0 spiro atoms. The minimum Gasteiger partial charge on any atom is -0.459 e. The van der Waals surface area contributed by atoms with Gasteiger partial charge < -0.3 is 15.8 Å². The zero-order valence-electron chi connectivity index (χ0n) is 16.8. The number of nitrogens with one attached hydrogen (secondary N) is 2. The number of imide groups is 1. The van der Waals surface area contributed by atoms with Gasteiger partial charge in [-0.25, -0.2) is 9.78 Å². The van der Waals surface area contributed by atoms with Gasteiger partial charge in [0.1, 0.15) is 5.82 Å². The number of esters is 1. The molecule has 1 aromatic heterocycles. The summed E-state index contributed by atoms with van der Waals surface area (Å²) in [5.74, 6) is -0.979. The van der Waals surface area contributed by atoms with E-state index >= 15 is 0 Å². The van der Waals surface area contributed by atoms with Crippen LogP contribution in [0.15, 0.2) is 41.4 Å². The maximum Gasteiger partial charge on any atom is 0.339 e. The molecule has 0 radical (unpaired) electrons. The summed E-state index contributed by atoms with van der Waals surface area (Å²) in [6.45, 7) is 3.50. The average molecular weight is 440 g/mol. The van der Waals surface area contributed by atoms with Crippen molar-refractivity contribution in [2.75, 3.05) is 11.1 Å². The summed E-state index contributed by atoms with van der Waals surface area (Å²) in [6, 6.07) is 8.04. The first-order valence-corrected chi connectivity index (χ1v) is 10.1. The van der Waals surface area contributed by atoms with E-state index in [2.05, 4.69) is 15.6 Å². The number of thioether (sulfide) groups is 1. The number of amides is 3. The van der Waals surface area contributed by atoms with Gasteiger partial charge in [-0.2, -0.15) is 0 Å². The zero-order chi connectivity index (χ0) is 22.5. The highest BCUT2D eigenvalue weighted by atomic mass is 32.2. The van der Waals surface area contributed by atoms with Gasteiger partial charge in [-0.1, -0.05) is 12.1 Å². The predicted octanol–water partition coefficient (Wildman–Crippen LogP) is 2.73. The first-order chi connectivity index (χ1) is 14.7. The zero-order valence-corrected chi connectivity index (χ0v) is 17.6. The van der Waals surface area contributed by atoms with Crippen molar-refractivity contribution in [1.29, 1.82) is 0 Å². The summed E-state index contributed by atoms with van der Waals surface area (Å²) < 4.78 is 5.09.